The van der Waals surface area contributed by atoms with E-state index in [1.165, 1.54) is 7.11 Å². The summed E-state index contributed by atoms with van der Waals surface area (Å²) in [7, 11) is 1.53. The number of hydrogen-bond acceptors (Lipinski definition) is 5. The summed E-state index contributed by atoms with van der Waals surface area (Å²) in [5.41, 5.74) is 0.866. The van der Waals surface area contributed by atoms with Gasteiger partial charge in [-0.3, -0.25) is 9.97 Å². The molecule has 5 nitrogen and oxygen atoms in total. The van der Waals surface area contributed by atoms with Crippen molar-refractivity contribution in [2.75, 3.05) is 7.11 Å². The van der Waals surface area contributed by atoms with Crippen molar-refractivity contribution in [1.29, 1.82) is 0 Å². The van der Waals surface area contributed by atoms with Crippen LogP contribution >= 0.6 is 12.2 Å². The molecule has 0 spiro atoms. The normalized spacial score (nSPS) is 10.6. The van der Waals surface area contributed by atoms with E-state index >= 15 is 0 Å². The summed E-state index contributed by atoms with van der Waals surface area (Å²) in [4.78, 5) is 15.4. The maximum absolute atomic E-state index is 5.08. The highest BCUT2D eigenvalue weighted by Gasteiger charge is 2.08. The number of pyridine rings is 1. The first-order chi connectivity index (χ1) is 9.28. The van der Waals surface area contributed by atoms with E-state index in [1.807, 2.05) is 30.5 Å². The van der Waals surface area contributed by atoms with Gasteiger partial charge >= 0.3 is 0 Å². The topological polar surface area (TPSA) is 63.7 Å². The summed E-state index contributed by atoms with van der Waals surface area (Å²) < 4.78 is 5.31. The fourth-order valence-corrected chi connectivity index (χ4v) is 2.07. The molecule has 0 unspecified atom stereocenters. The van der Waals surface area contributed by atoms with Crippen LogP contribution in [0.25, 0.3) is 22.2 Å². The molecule has 3 aromatic rings. The number of benzene rings is 1. The largest absolute Gasteiger partial charge is 0.468 e. The van der Waals surface area contributed by atoms with E-state index in [4.69, 9.17) is 17.0 Å². The SMILES string of the molecule is COc1nc(=S)nc(-c2cncc3ccccc23)[nH]1. The monoisotopic (exact) mass is 270 g/mol. The summed E-state index contributed by atoms with van der Waals surface area (Å²) in [6, 6.07) is 8.29. The van der Waals surface area contributed by atoms with Gasteiger partial charge in [0.05, 0.1) is 7.11 Å². The first-order valence-electron chi connectivity index (χ1n) is 5.63. The lowest BCUT2D eigenvalue weighted by Crippen LogP contribution is -1.98. The highest BCUT2D eigenvalue weighted by Crippen LogP contribution is 2.25. The number of nitrogens with one attached hydrogen (secondary N) is 1. The van der Waals surface area contributed by atoms with Crippen molar-refractivity contribution in [3.05, 3.63) is 41.4 Å². The molecule has 0 saturated carbocycles. The molecule has 0 amide bonds. The molecule has 0 bridgehead atoms. The third kappa shape index (κ3) is 2.17. The minimum Gasteiger partial charge on any atom is -0.468 e. The quantitative estimate of drug-likeness (QED) is 0.725. The fraction of sp³-hybridized carbons (Fsp3) is 0.0769. The molecular formula is C13H10N4OS. The molecule has 6 heteroatoms. The van der Waals surface area contributed by atoms with Gasteiger partial charge in [0, 0.05) is 23.3 Å². The number of hydrogen-bond donors (Lipinski definition) is 1. The maximum atomic E-state index is 5.08. The molecule has 0 radical (unpaired) electrons. The summed E-state index contributed by atoms with van der Waals surface area (Å²) in [5, 5.41) is 2.08. The van der Waals surface area contributed by atoms with Crippen LogP contribution in [0.2, 0.25) is 0 Å². The smallest absolute Gasteiger partial charge is 0.297 e. The molecule has 19 heavy (non-hydrogen) atoms. The molecule has 2 aromatic heterocycles. The van der Waals surface area contributed by atoms with Crippen LogP contribution in [-0.2, 0) is 0 Å². The Labute approximate surface area is 114 Å². The number of methoxy groups -OCH3 is 1. The second-order valence-corrected chi connectivity index (χ2v) is 4.26. The Kier molecular flexibility index (Phi) is 2.92. The molecule has 0 fully saturated rings. The molecular weight excluding hydrogens is 260 g/mol. The molecule has 0 aliphatic rings. The second kappa shape index (κ2) is 4.74. The van der Waals surface area contributed by atoms with E-state index < -0.39 is 0 Å². The van der Waals surface area contributed by atoms with E-state index in [1.54, 1.807) is 6.20 Å². The van der Waals surface area contributed by atoms with Crippen LogP contribution in [0.3, 0.4) is 0 Å². The molecule has 0 aliphatic heterocycles. The van der Waals surface area contributed by atoms with Gasteiger partial charge in [-0.1, -0.05) is 24.3 Å². The zero-order chi connectivity index (χ0) is 13.2. The van der Waals surface area contributed by atoms with E-state index in [-0.39, 0.29) is 4.77 Å². The number of aromatic nitrogens is 4. The summed E-state index contributed by atoms with van der Waals surface area (Å²) >= 11 is 5.03. The number of ether oxygens (including phenoxy) is 1. The van der Waals surface area contributed by atoms with Crippen LogP contribution in [0.1, 0.15) is 0 Å². The van der Waals surface area contributed by atoms with Gasteiger partial charge in [0.15, 0.2) is 0 Å². The lowest BCUT2D eigenvalue weighted by molar-refractivity contribution is 0.378. The predicted molar refractivity (Wildman–Crippen MR) is 74.5 cm³/mol. The number of nitrogens with zero attached hydrogens (tertiary/aromatic N) is 3. The first-order valence-corrected chi connectivity index (χ1v) is 6.04. The number of aromatic amines is 1. The second-order valence-electron chi connectivity index (χ2n) is 3.90. The van der Waals surface area contributed by atoms with Gasteiger partial charge in [-0.2, -0.15) is 4.98 Å². The maximum Gasteiger partial charge on any atom is 0.297 e. The Morgan fingerprint density at radius 3 is 2.84 bits per heavy atom. The fourth-order valence-electron chi connectivity index (χ4n) is 1.89. The molecule has 3 rings (SSSR count). The Balaban J connectivity index is 2.30. The van der Waals surface area contributed by atoms with Crippen LogP contribution in [0.5, 0.6) is 6.01 Å². The van der Waals surface area contributed by atoms with Crippen LogP contribution < -0.4 is 4.74 Å². The Morgan fingerprint density at radius 2 is 2.00 bits per heavy atom. The van der Waals surface area contributed by atoms with Crippen LogP contribution in [0.15, 0.2) is 36.7 Å². The van der Waals surface area contributed by atoms with Crippen molar-refractivity contribution in [2.45, 2.75) is 0 Å². The lowest BCUT2D eigenvalue weighted by Gasteiger charge is -2.06. The van der Waals surface area contributed by atoms with Gasteiger partial charge in [-0.15, -0.1) is 0 Å². The van der Waals surface area contributed by atoms with Gasteiger partial charge in [-0.25, -0.2) is 4.98 Å². The summed E-state index contributed by atoms with van der Waals surface area (Å²) in [6.45, 7) is 0. The van der Waals surface area contributed by atoms with Crippen molar-refractivity contribution in [1.82, 2.24) is 19.9 Å². The van der Waals surface area contributed by atoms with Crippen LogP contribution in [0.4, 0.5) is 0 Å². The molecule has 94 valence electrons. The molecule has 0 atom stereocenters. The third-order valence-electron chi connectivity index (χ3n) is 2.75. The van der Waals surface area contributed by atoms with Gasteiger partial charge in [-0.05, 0) is 17.6 Å². The van der Waals surface area contributed by atoms with Crippen molar-refractivity contribution < 1.29 is 4.74 Å². The molecule has 0 aliphatic carbocycles. The molecule has 0 saturated heterocycles. The first kappa shape index (κ1) is 11.7. The number of rotatable bonds is 2. The zero-order valence-electron chi connectivity index (χ0n) is 10.1. The highest BCUT2D eigenvalue weighted by molar-refractivity contribution is 7.71. The van der Waals surface area contributed by atoms with Gasteiger partial charge in [0.2, 0.25) is 4.77 Å². The Hall–Kier alpha value is -2.34. The van der Waals surface area contributed by atoms with Crippen LogP contribution in [-0.4, -0.2) is 27.0 Å². The highest BCUT2D eigenvalue weighted by atomic mass is 32.1. The van der Waals surface area contributed by atoms with Crippen molar-refractivity contribution in [3.8, 4) is 17.4 Å². The lowest BCUT2D eigenvalue weighted by atomic mass is 10.1. The Bertz CT molecular complexity index is 795. The minimum absolute atomic E-state index is 0.235. The Morgan fingerprint density at radius 1 is 1.16 bits per heavy atom. The molecule has 1 aromatic carbocycles. The van der Waals surface area contributed by atoms with Crippen molar-refractivity contribution in [2.24, 2.45) is 0 Å². The zero-order valence-corrected chi connectivity index (χ0v) is 10.9. The standard InChI is InChI=1S/C13H10N4OS/c1-18-12-15-11(16-13(19)17-12)10-7-14-6-8-4-2-3-5-9(8)10/h2-7H,1H3,(H,15,16,17,19). The average Bonchev–Trinajstić information content (AvgIpc) is 2.46. The van der Waals surface area contributed by atoms with E-state index in [0.717, 1.165) is 16.3 Å². The minimum atomic E-state index is 0.235. The van der Waals surface area contributed by atoms with Gasteiger partial charge < -0.3 is 4.74 Å². The molecule has 2 heterocycles. The molecule has 1 N–H and O–H groups in total. The van der Waals surface area contributed by atoms with E-state index in [0.29, 0.717) is 11.8 Å². The predicted octanol–water partition coefficient (Wildman–Crippen LogP) is 2.76. The van der Waals surface area contributed by atoms with Crippen molar-refractivity contribution >= 4 is 23.0 Å². The van der Waals surface area contributed by atoms with Gasteiger partial charge in [0.25, 0.3) is 6.01 Å². The average molecular weight is 270 g/mol. The van der Waals surface area contributed by atoms with E-state index in [9.17, 15) is 0 Å². The third-order valence-corrected chi connectivity index (χ3v) is 2.93. The number of fused-ring (bicyclic) bond motifs is 1. The van der Waals surface area contributed by atoms with Crippen LogP contribution in [0, 0.1) is 4.77 Å². The number of H-pyrrole nitrogens is 1. The summed E-state index contributed by atoms with van der Waals surface area (Å²) in [5.74, 6) is 0.598. The van der Waals surface area contributed by atoms with Crippen molar-refractivity contribution in [3.63, 3.8) is 0 Å². The van der Waals surface area contributed by atoms with Gasteiger partial charge in [0.1, 0.15) is 5.82 Å². The van der Waals surface area contributed by atoms with E-state index in [2.05, 4.69) is 19.9 Å². The summed E-state index contributed by atoms with van der Waals surface area (Å²) in [6.07, 6.45) is 3.56.